The molecule has 1 aromatic carbocycles. The zero-order valence-corrected chi connectivity index (χ0v) is 12.1. The molecule has 2 rings (SSSR count). The SMILES string of the molecule is COC(=O)C1CCCCN1c1ccc(OC)cc1[N+](=O)[O-]. The van der Waals surface area contributed by atoms with Crippen LogP contribution in [0.3, 0.4) is 0 Å². The number of methoxy groups -OCH3 is 2. The second-order valence-electron chi connectivity index (χ2n) is 4.84. The quantitative estimate of drug-likeness (QED) is 0.480. The van der Waals surface area contributed by atoms with Gasteiger partial charge in [0.2, 0.25) is 0 Å². The van der Waals surface area contributed by atoms with E-state index in [4.69, 9.17) is 9.47 Å². The second kappa shape index (κ2) is 6.43. The van der Waals surface area contributed by atoms with Gasteiger partial charge in [-0.3, -0.25) is 10.1 Å². The van der Waals surface area contributed by atoms with Crippen LogP contribution in [0, 0.1) is 10.1 Å². The van der Waals surface area contributed by atoms with Gasteiger partial charge in [0.1, 0.15) is 17.5 Å². The minimum Gasteiger partial charge on any atom is -0.496 e. The largest absolute Gasteiger partial charge is 0.496 e. The van der Waals surface area contributed by atoms with E-state index in [1.165, 1.54) is 20.3 Å². The van der Waals surface area contributed by atoms with Crippen molar-refractivity contribution in [2.75, 3.05) is 25.7 Å². The standard InChI is InChI=1S/C14H18N2O5/c1-20-10-6-7-11(13(9-10)16(18)19)15-8-4-3-5-12(15)14(17)21-2/h6-7,9,12H,3-5,8H2,1-2H3. The minimum atomic E-state index is -0.476. The Labute approximate surface area is 122 Å². The Kier molecular flexibility index (Phi) is 4.62. The van der Waals surface area contributed by atoms with Crippen LogP contribution in [0.15, 0.2) is 18.2 Å². The Morgan fingerprint density at radius 3 is 2.76 bits per heavy atom. The second-order valence-corrected chi connectivity index (χ2v) is 4.84. The number of nitrogens with zero attached hydrogens (tertiary/aromatic N) is 2. The molecule has 7 heteroatoms. The van der Waals surface area contributed by atoms with Gasteiger partial charge in [-0.15, -0.1) is 0 Å². The zero-order chi connectivity index (χ0) is 15.4. The lowest BCUT2D eigenvalue weighted by Crippen LogP contribution is -2.45. The Hall–Kier alpha value is -2.31. The number of ether oxygens (including phenoxy) is 2. The topological polar surface area (TPSA) is 81.9 Å². The summed E-state index contributed by atoms with van der Waals surface area (Å²) >= 11 is 0. The first kappa shape index (κ1) is 15.1. The molecule has 7 nitrogen and oxygen atoms in total. The fraction of sp³-hybridized carbons (Fsp3) is 0.500. The third-order valence-corrected chi connectivity index (χ3v) is 3.66. The lowest BCUT2D eigenvalue weighted by Gasteiger charge is -2.35. The fourth-order valence-electron chi connectivity index (χ4n) is 2.62. The molecule has 0 N–H and O–H groups in total. The summed E-state index contributed by atoms with van der Waals surface area (Å²) in [5, 5.41) is 11.3. The molecule has 0 aromatic heterocycles. The lowest BCUT2D eigenvalue weighted by molar-refractivity contribution is -0.384. The van der Waals surface area contributed by atoms with E-state index in [-0.39, 0.29) is 11.7 Å². The number of hydrogen-bond donors (Lipinski definition) is 0. The maximum absolute atomic E-state index is 11.9. The third-order valence-electron chi connectivity index (χ3n) is 3.66. The van der Waals surface area contributed by atoms with Crippen molar-refractivity contribution in [3.05, 3.63) is 28.3 Å². The molecule has 0 saturated carbocycles. The van der Waals surface area contributed by atoms with Gasteiger partial charge in [0, 0.05) is 6.54 Å². The number of carbonyl (C=O) groups excluding carboxylic acids is 1. The summed E-state index contributed by atoms with van der Waals surface area (Å²) in [5.41, 5.74) is 0.362. The van der Waals surface area contributed by atoms with Gasteiger partial charge >= 0.3 is 5.97 Å². The van der Waals surface area contributed by atoms with Gasteiger partial charge in [-0.05, 0) is 31.4 Å². The number of benzene rings is 1. The molecule has 21 heavy (non-hydrogen) atoms. The normalized spacial score (nSPS) is 18.2. The lowest BCUT2D eigenvalue weighted by atomic mass is 10.0. The van der Waals surface area contributed by atoms with Crippen LogP contribution in [0.5, 0.6) is 5.75 Å². The Bertz CT molecular complexity index is 546. The average molecular weight is 294 g/mol. The van der Waals surface area contributed by atoms with Gasteiger partial charge < -0.3 is 14.4 Å². The molecule has 114 valence electrons. The molecule has 0 spiro atoms. The molecule has 1 aliphatic rings. The molecule has 1 fully saturated rings. The average Bonchev–Trinajstić information content (AvgIpc) is 2.53. The first-order valence-corrected chi connectivity index (χ1v) is 6.75. The van der Waals surface area contributed by atoms with E-state index < -0.39 is 11.0 Å². The highest BCUT2D eigenvalue weighted by Gasteiger charge is 2.33. The van der Waals surface area contributed by atoms with Gasteiger partial charge in [-0.1, -0.05) is 0 Å². The van der Waals surface area contributed by atoms with Gasteiger partial charge in [-0.2, -0.15) is 0 Å². The van der Waals surface area contributed by atoms with E-state index >= 15 is 0 Å². The van der Waals surface area contributed by atoms with Crippen molar-refractivity contribution in [1.82, 2.24) is 0 Å². The van der Waals surface area contributed by atoms with Crippen molar-refractivity contribution < 1.29 is 19.2 Å². The molecule has 0 radical (unpaired) electrons. The molecule has 0 aliphatic carbocycles. The van der Waals surface area contributed by atoms with Crippen LogP contribution in [0.25, 0.3) is 0 Å². The number of piperidine rings is 1. The highest BCUT2D eigenvalue weighted by molar-refractivity contribution is 5.82. The van der Waals surface area contributed by atoms with Crippen LogP contribution in [-0.4, -0.2) is 37.7 Å². The summed E-state index contributed by atoms with van der Waals surface area (Å²) < 4.78 is 9.84. The summed E-state index contributed by atoms with van der Waals surface area (Å²) in [7, 11) is 2.79. The fourth-order valence-corrected chi connectivity index (χ4v) is 2.62. The number of anilines is 1. The smallest absolute Gasteiger partial charge is 0.328 e. The van der Waals surface area contributed by atoms with E-state index in [9.17, 15) is 14.9 Å². The molecule has 1 aromatic rings. The monoisotopic (exact) mass is 294 g/mol. The number of nitro benzene ring substituents is 1. The maximum atomic E-state index is 11.9. The summed E-state index contributed by atoms with van der Waals surface area (Å²) in [5.74, 6) is 0.0527. The van der Waals surface area contributed by atoms with Crippen LogP contribution >= 0.6 is 0 Å². The van der Waals surface area contributed by atoms with Gasteiger partial charge in [0.25, 0.3) is 5.69 Å². The maximum Gasteiger partial charge on any atom is 0.328 e. The Balaban J connectivity index is 2.42. The van der Waals surface area contributed by atoms with Crippen molar-refractivity contribution in [3.63, 3.8) is 0 Å². The predicted octanol–water partition coefficient (Wildman–Crippen LogP) is 2.14. The van der Waals surface area contributed by atoms with Crippen LogP contribution in [0.2, 0.25) is 0 Å². The van der Waals surface area contributed by atoms with E-state index in [2.05, 4.69) is 0 Å². The van der Waals surface area contributed by atoms with Crippen molar-refractivity contribution in [2.45, 2.75) is 25.3 Å². The van der Waals surface area contributed by atoms with E-state index in [0.717, 1.165) is 12.8 Å². The van der Waals surface area contributed by atoms with Crippen molar-refractivity contribution >= 4 is 17.3 Å². The van der Waals surface area contributed by atoms with E-state index in [1.807, 2.05) is 0 Å². The van der Waals surface area contributed by atoms with Gasteiger partial charge in [0.15, 0.2) is 0 Å². The van der Waals surface area contributed by atoms with Crippen molar-refractivity contribution in [2.24, 2.45) is 0 Å². The molecule has 1 heterocycles. The number of esters is 1. The van der Waals surface area contributed by atoms with Gasteiger partial charge in [-0.25, -0.2) is 4.79 Å². The van der Waals surface area contributed by atoms with Crippen molar-refractivity contribution in [3.8, 4) is 5.75 Å². The molecule has 1 aliphatic heterocycles. The number of hydrogen-bond acceptors (Lipinski definition) is 6. The molecule has 0 amide bonds. The molecular formula is C14H18N2O5. The first-order valence-electron chi connectivity index (χ1n) is 6.75. The zero-order valence-electron chi connectivity index (χ0n) is 12.1. The minimum absolute atomic E-state index is 0.0647. The molecule has 1 unspecified atom stereocenters. The Morgan fingerprint density at radius 2 is 2.14 bits per heavy atom. The number of nitro groups is 1. The molecular weight excluding hydrogens is 276 g/mol. The van der Waals surface area contributed by atoms with Crippen LogP contribution < -0.4 is 9.64 Å². The molecule has 0 bridgehead atoms. The molecule has 1 saturated heterocycles. The number of carbonyl (C=O) groups is 1. The van der Waals surface area contributed by atoms with Crippen LogP contribution in [0.1, 0.15) is 19.3 Å². The highest BCUT2D eigenvalue weighted by Crippen LogP contribution is 2.35. The van der Waals surface area contributed by atoms with Crippen LogP contribution in [-0.2, 0) is 9.53 Å². The first-order chi connectivity index (χ1) is 10.1. The summed E-state index contributed by atoms with van der Waals surface area (Å²) in [6, 6.07) is 4.18. The highest BCUT2D eigenvalue weighted by atomic mass is 16.6. The van der Waals surface area contributed by atoms with E-state index in [0.29, 0.717) is 24.4 Å². The van der Waals surface area contributed by atoms with Crippen molar-refractivity contribution in [1.29, 1.82) is 0 Å². The summed E-state index contributed by atoms with van der Waals surface area (Å²) in [4.78, 5) is 24.5. The Morgan fingerprint density at radius 1 is 1.38 bits per heavy atom. The van der Waals surface area contributed by atoms with E-state index in [1.54, 1.807) is 17.0 Å². The van der Waals surface area contributed by atoms with Gasteiger partial charge in [0.05, 0.1) is 25.2 Å². The molecule has 1 atom stereocenters. The summed E-state index contributed by atoms with van der Waals surface area (Å²) in [6.45, 7) is 0.590. The summed E-state index contributed by atoms with van der Waals surface area (Å²) in [6.07, 6.45) is 2.42. The van der Waals surface area contributed by atoms with Crippen LogP contribution in [0.4, 0.5) is 11.4 Å². The predicted molar refractivity (Wildman–Crippen MR) is 76.6 cm³/mol. The number of rotatable bonds is 4. The third kappa shape index (κ3) is 3.07.